The average Bonchev–Trinajstić information content (AvgIpc) is 3.63. The summed E-state index contributed by atoms with van der Waals surface area (Å²) >= 11 is 0. The van der Waals surface area contributed by atoms with Gasteiger partial charge in [0.1, 0.15) is 0 Å². The Morgan fingerprint density at radius 2 is 1.16 bits per heavy atom. The Balaban J connectivity index is 0.948. The minimum absolute atomic E-state index is 0.00738. The van der Waals surface area contributed by atoms with Gasteiger partial charge >= 0.3 is 0 Å². The van der Waals surface area contributed by atoms with E-state index in [0.717, 1.165) is 20.8 Å². The Hall–Kier alpha value is -8.07. The van der Waals surface area contributed by atoms with Crippen LogP contribution >= 0.6 is 0 Å². The number of hydrogen-bond acceptors (Lipinski definition) is 14. The number of nitrogens with one attached hydrogen (secondary N) is 2. The van der Waals surface area contributed by atoms with Gasteiger partial charge in [-0.2, -0.15) is 5.10 Å². The first-order chi connectivity index (χ1) is 32.1. The number of carbonyl (C=O) groups excluding carboxylic acids is 8. The molecule has 0 bridgehead atoms. The molecule has 21 nitrogen and oxygen atoms in total. The van der Waals surface area contributed by atoms with E-state index in [1.54, 1.807) is 37.3 Å². The number of imide groups is 3. The molecule has 67 heavy (non-hydrogen) atoms. The quantitative estimate of drug-likeness (QED) is 0.0367. The van der Waals surface area contributed by atoms with Crippen LogP contribution in [-0.4, -0.2) is 128 Å². The first kappa shape index (κ1) is 46.9. The third-order valence-corrected chi connectivity index (χ3v) is 11.7. The Bertz CT molecular complexity index is 2820. The van der Waals surface area contributed by atoms with Crippen LogP contribution < -0.4 is 10.7 Å². The van der Waals surface area contributed by atoms with Crippen LogP contribution in [0.4, 0.5) is 11.4 Å². The predicted octanol–water partition coefficient (Wildman–Crippen LogP) is 4.27. The monoisotopic (exact) mass is 915 g/mol. The number of nitro groups is 2. The highest BCUT2D eigenvalue weighted by atomic mass is 16.6. The summed E-state index contributed by atoms with van der Waals surface area (Å²) in [6.07, 6.45) is 4.67. The van der Waals surface area contributed by atoms with Crippen molar-refractivity contribution in [3.63, 3.8) is 0 Å². The van der Waals surface area contributed by atoms with Gasteiger partial charge in [0.05, 0.1) is 21.0 Å². The fourth-order valence-corrected chi connectivity index (χ4v) is 8.29. The molecule has 3 aliphatic heterocycles. The molecule has 2 N–H and O–H groups in total. The first-order valence-electron chi connectivity index (χ1n) is 21.6. The molecule has 0 unspecified atom stereocenters. The van der Waals surface area contributed by atoms with Gasteiger partial charge in [0.25, 0.3) is 46.8 Å². The second-order valence-electron chi connectivity index (χ2n) is 16.2. The summed E-state index contributed by atoms with van der Waals surface area (Å²) in [7, 11) is 0. The molecular formula is C46H45N9O12. The molecule has 7 rings (SSSR count). The van der Waals surface area contributed by atoms with E-state index in [4.69, 9.17) is 0 Å². The molecule has 0 fully saturated rings. The van der Waals surface area contributed by atoms with E-state index in [2.05, 4.69) is 15.8 Å². The normalized spacial score (nSPS) is 14.5. The number of benzene rings is 4. The van der Waals surface area contributed by atoms with Crippen LogP contribution in [0, 0.1) is 20.2 Å². The zero-order chi connectivity index (χ0) is 47.9. The lowest BCUT2D eigenvalue weighted by Crippen LogP contribution is -2.46. The smallest absolute Gasteiger partial charge is 0.270 e. The van der Waals surface area contributed by atoms with E-state index >= 15 is 0 Å². The molecule has 3 aliphatic rings. The number of amides is 8. The lowest BCUT2D eigenvalue weighted by molar-refractivity contribution is -0.384. The lowest BCUT2D eigenvalue weighted by atomic mass is 9.93. The van der Waals surface area contributed by atoms with E-state index in [1.165, 1.54) is 41.3 Å². The van der Waals surface area contributed by atoms with Crippen molar-refractivity contribution in [3.8, 4) is 0 Å². The largest absolute Gasteiger partial charge is 0.341 e. The molecule has 21 heteroatoms. The van der Waals surface area contributed by atoms with Crippen molar-refractivity contribution in [1.82, 2.24) is 30.3 Å². The van der Waals surface area contributed by atoms with Crippen LogP contribution in [0.1, 0.15) is 93.3 Å². The number of carbonyl (C=O) groups is 8. The number of nitrogens with zero attached hydrogens (tertiary/aromatic N) is 7. The molecular weight excluding hydrogens is 871 g/mol. The van der Waals surface area contributed by atoms with E-state index in [1.807, 2.05) is 0 Å². The zero-order valence-electron chi connectivity index (χ0n) is 36.4. The molecule has 0 atom stereocenters. The highest BCUT2D eigenvalue weighted by molar-refractivity contribution is 6.27. The molecule has 3 heterocycles. The van der Waals surface area contributed by atoms with Crippen molar-refractivity contribution in [1.29, 1.82) is 0 Å². The number of hydrazone groups is 1. The number of unbranched alkanes of at least 4 members (excludes halogenated alkanes) is 2. The first-order valence-corrected chi connectivity index (χ1v) is 21.6. The highest BCUT2D eigenvalue weighted by Gasteiger charge is 2.36. The van der Waals surface area contributed by atoms with Gasteiger partial charge < -0.3 is 10.2 Å². The highest BCUT2D eigenvalue weighted by Crippen LogP contribution is 2.35. The summed E-state index contributed by atoms with van der Waals surface area (Å²) in [4.78, 5) is 131. The summed E-state index contributed by atoms with van der Waals surface area (Å²) in [5, 5.41) is 32.0. The second-order valence-corrected chi connectivity index (χ2v) is 16.2. The number of non-ortho nitro benzene ring substituents is 2. The van der Waals surface area contributed by atoms with Gasteiger partial charge in [-0.1, -0.05) is 30.7 Å². The van der Waals surface area contributed by atoms with Crippen LogP contribution in [0.15, 0.2) is 77.9 Å². The van der Waals surface area contributed by atoms with Crippen LogP contribution in [-0.2, 0) is 19.2 Å². The molecule has 0 aliphatic carbocycles. The van der Waals surface area contributed by atoms with E-state index < -0.39 is 33.5 Å². The van der Waals surface area contributed by atoms with Gasteiger partial charge in [-0.25, -0.2) is 5.43 Å². The van der Waals surface area contributed by atoms with Crippen molar-refractivity contribution in [3.05, 3.63) is 115 Å². The van der Waals surface area contributed by atoms with Crippen molar-refractivity contribution >= 4 is 85.9 Å². The summed E-state index contributed by atoms with van der Waals surface area (Å²) in [5.74, 6) is -3.98. The van der Waals surface area contributed by atoms with Crippen molar-refractivity contribution in [2.45, 2.75) is 51.9 Å². The Morgan fingerprint density at radius 3 is 1.73 bits per heavy atom. The third kappa shape index (κ3) is 10.3. The number of rotatable bonds is 22. The van der Waals surface area contributed by atoms with Crippen LogP contribution in [0.3, 0.4) is 0 Å². The minimum Gasteiger partial charge on any atom is -0.341 e. The van der Waals surface area contributed by atoms with Crippen molar-refractivity contribution in [2.24, 2.45) is 5.10 Å². The van der Waals surface area contributed by atoms with E-state index in [0.29, 0.717) is 59.5 Å². The van der Waals surface area contributed by atoms with Crippen LogP contribution in [0.25, 0.3) is 21.5 Å². The Labute approximate surface area is 381 Å². The zero-order valence-corrected chi connectivity index (χ0v) is 36.4. The standard InChI is InChI=1S/C46H45N9O12/c1-28(48-49-37(56)12-3-2-4-20-51-39(58)15-16-40(51)59)13-14-38(57)50(22-23-53-44(61)34-11-6-9-30-25-32(55(66)67)27-36(42(30)34)46(53)63)19-7-17-47-18-21-52-43(60)33-10-5-8-29-24-31(54(64)65)26-35(41(29)33)45(52)62/h5-6,8-11,15-16,24-27,47H,2-4,7,12-14,17-23H2,1H3,(H,49,56). The van der Waals surface area contributed by atoms with Gasteiger partial charge in [0.2, 0.25) is 11.8 Å². The lowest BCUT2D eigenvalue weighted by Gasteiger charge is -2.30. The van der Waals surface area contributed by atoms with Gasteiger partial charge in [-0.3, -0.25) is 73.3 Å². The maximum atomic E-state index is 13.8. The summed E-state index contributed by atoms with van der Waals surface area (Å²) in [5.41, 5.74) is 2.82. The Morgan fingerprint density at radius 1 is 0.612 bits per heavy atom. The van der Waals surface area contributed by atoms with Crippen LogP contribution in [0.2, 0.25) is 0 Å². The topological polar surface area (TPSA) is 272 Å². The second kappa shape index (κ2) is 20.4. The number of hydrogen-bond donors (Lipinski definition) is 2. The fraction of sp³-hybridized carbons (Fsp3) is 0.326. The molecule has 4 aromatic rings. The van der Waals surface area contributed by atoms with Gasteiger partial charge in [-0.15, -0.1) is 0 Å². The van der Waals surface area contributed by atoms with Crippen LogP contribution in [0.5, 0.6) is 0 Å². The van der Waals surface area contributed by atoms with E-state index in [9.17, 15) is 58.6 Å². The molecule has 0 saturated heterocycles. The van der Waals surface area contributed by atoms with Gasteiger partial charge in [0, 0.05) is 116 Å². The summed E-state index contributed by atoms with van der Waals surface area (Å²) in [6, 6.07) is 14.3. The fourth-order valence-electron chi connectivity index (χ4n) is 8.29. The molecule has 0 saturated carbocycles. The van der Waals surface area contributed by atoms with E-state index in [-0.39, 0.29) is 116 Å². The molecule has 8 amide bonds. The van der Waals surface area contributed by atoms with Crippen molar-refractivity contribution in [2.75, 3.05) is 45.8 Å². The maximum absolute atomic E-state index is 13.8. The third-order valence-electron chi connectivity index (χ3n) is 11.7. The molecule has 0 aromatic heterocycles. The molecule has 4 aromatic carbocycles. The summed E-state index contributed by atoms with van der Waals surface area (Å²) in [6.45, 7) is 2.12. The number of nitro benzene ring substituents is 2. The van der Waals surface area contributed by atoms with Gasteiger partial charge in [0.15, 0.2) is 0 Å². The van der Waals surface area contributed by atoms with Crippen molar-refractivity contribution < 1.29 is 48.2 Å². The summed E-state index contributed by atoms with van der Waals surface area (Å²) < 4.78 is 0. The molecule has 0 spiro atoms. The maximum Gasteiger partial charge on any atom is 0.270 e. The average molecular weight is 916 g/mol. The predicted molar refractivity (Wildman–Crippen MR) is 241 cm³/mol. The van der Waals surface area contributed by atoms with Gasteiger partial charge in [-0.05, 0) is 62.1 Å². The SMILES string of the molecule is CC(CCC(=O)N(CCCNCCN1C(=O)c2cccc3cc([N+](=O)[O-])cc(c23)C1=O)CCN1C(=O)c2cccc3cc([N+](=O)[O-])cc(c23)C1=O)=NNC(=O)CCCCCN1C(=O)C=CC1=O. The molecule has 346 valence electrons. The molecule has 0 radical (unpaired) electrons. The Kier molecular flexibility index (Phi) is 14.3. The minimum atomic E-state index is -0.741.